The lowest BCUT2D eigenvalue weighted by atomic mass is 10.1. The summed E-state index contributed by atoms with van der Waals surface area (Å²) in [6.07, 6.45) is 0.312. The topological polar surface area (TPSA) is 72.6 Å². The van der Waals surface area contributed by atoms with E-state index in [9.17, 15) is 9.59 Å². The SMILES string of the molecule is CCC(OC(=O)c1ccccc1-c1nc2ccccc2o1)C(=O)N1CCc2ccccc21. The molecule has 1 aliphatic rings. The zero-order chi connectivity index (χ0) is 22.1. The molecular weight excluding hydrogens is 404 g/mol. The highest BCUT2D eigenvalue weighted by Crippen LogP contribution is 2.30. The zero-order valence-corrected chi connectivity index (χ0v) is 17.7. The van der Waals surface area contributed by atoms with E-state index >= 15 is 0 Å². The third kappa shape index (κ3) is 3.54. The molecule has 3 aromatic carbocycles. The van der Waals surface area contributed by atoms with Crippen LogP contribution in [0, 0.1) is 0 Å². The molecule has 0 saturated carbocycles. The maximum Gasteiger partial charge on any atom is 0.339 e. The van der Waals surface area contributed by atoms with E-state index in [1.165, 1.54) is 0 Å². The first-order valence-electron chi connectivity index (χ1n) is 10.7. The first-order valence-corrected chi connectivity index (χ1v) is 10.7. The van der Waals surface area contributed by atoms with E-state index in [1.807, 2.05) is 61.5 Å². The molecule has 0 radical (unpaired) electrons. The monoisotopic (exact) mass is 426 g/mol. The van der Waals surface area contributed by atoms with E-state index in [0.717, 1.165) is 17.7 Å². The van der Waals surface area contributed by atoms with Gasteiger partial charge in [0.2, 0.25) is 5.89 Å². The second-order valence-electron chi connectivity index (χ2n) is 7.70. The molecule has 0 fully saturated rings. The Labute approximate surface area is 185 Å². The number of aromatic nitrogens is 1. The van der Waals surface area contributed by atoms with Crippen LogP contribution in [0.5, 0.6) is 0 Å². The number of amides is 1. The highest BCUT2D eigenvalue weighted by molar-refractivity contribution is 6.02. The first-order chi connectivity index (χ1) is 15.7. The van der Waals surface area contributed by atoms with Crippen molar-refractivity contribution in [2.45, 2.75) is 25.9 Å². The van der Waals surface area contributed by atoms with Crippen molar-refractivity contribution in [3.8, 4) is 11.5 Å². The molecule has 2 heterocycles. The Bertz CT molecular complexity index is 1280. The molecule has 0 aliphatic carbocycles. The fourth-order valence-corrected chi connectivity index (χ4v) is 4.08. The molecule has 1 unspecified atom stereocenters. The van der Waals surface area contributed by atoms with Crippen LogP contribution in [-0.2, 0) is 16.0 Å². The van der Waals surface area contributed by atoms with Crippen molar-refractivity contribution in [2.75, 3.05) is 11.4 Å². The van der Waals surface area contributed by atoms with Crippen LogP contribution in [-0.4, -0.2) is 29.5 Å². The molecule has 1 aliphatic heterocycles. The van der Waals surface area contributed by atoms with Gasteiger partial charge in [-0.05, 0) is 48.7 Å². The number of esters is 1. The Kier molecular flexibility index (Phi) is 5.19. The Morgan fingerprint density at radius 3 is 2.62 bits per heavy atom. The van der Waals surface area contributed by atoms with Crippen LogP contribution in [0.3, 0.4) is 0 Å². The molecule has 0 N–H and O–H groups in total. The number of carbonyl (C=O) groups excluding carboxylic acids is 2. The van der Waals surface area contributed by atoms with Crippen molar-refractivity contribution < 1.29 is 18.7 Å². The first kappa shape index (κ1) is 20.0. The summed E-state index contributed by atoms with van der Waals surface area (Å²) in [4.78, 5) is 32.5. The Morgan fingerprint density at radius 2 is 1.78 bits per heavy atom. The largest absolute Gasteiger partial charge is 0.449 e. The lowest BCUT2D eigenvalue weighted by Crippen LogP contribution is -2.40. The molecule has 160 valence electrons. The summed E-state index contributed by atoms with van der Waals surface area (Å²) in [5.74, 6) is -0.438. The van der Waals surface area contributed by atoms with Gasteiger partial charge in [0.15, 0.2) is 11.7 Å². The number of hydrogen-bond acceptors (Lipinski definition) is 5. The highest BCUT2D eigenvalue weighted by atomic mass is 16.5. The summed E-state index contributed by atoms with van der Waals surface area (Å²) in [7, 11) is 0. The average molecular weight is 426 g/mol. The predicted molar refractivity (Wildman–Crippen MR) is 121 cm³/mol. The van der Waals surface area contributed by atoms with Crippen LogP contribution in [0.4, 0.5) is 5.69 Å². The van der Waals surface area contributed by atoms with E-state index in [0.29, 0.717) is 41.1 Å². The minimum Gasteiger partial charge on any atom is -0.449 e. The van der Waals surface area contributed by atoms with Crippen LogP contribution >= 0.6 is 0 Å². The summed E-state index contributed by atoms with van der Waals surface area (Å²) < 4.78 is 11.6. The van der Waals surface area contributed by atoms with Crippen LogP contribution in [0.25, 0.3) is 22.6 Å². The molecule has 0 saturated heterocycles. The molecule has 4 aromatic rings. The van der Waals surface area contributed by atoms with Gasteiger partial charge in [0.25, 0.3) is 5.91 Å². The third-order valence-corrected chi connectivity index (χ3v) is 5.72. The molecule has 6 nitrogen and oxygen atoms in total. The van der Waals surface area contributed by atoms with Crippen LogP contribution in [0.15, 0.2) is 77.2 Å². The van der Waals surface area contributed by atoms with E-state index in [-0.39, 0.29) is 5.91 Å². The van der Waals surface area contributed by atoms with Gasteiger partial charge in [-0.3, -0.25) is 4.79 Å². The molecule has 0 bridgehead atoms. The fraction of sp³-hybridized carbons (Fsp3) is 0.192. The maximum atomic E-state index is 13.2. The van der Waals surface area contributed by atoms with Gasteiger partial charge < -0.3 is 14.1 Å². The quantitative estimate of drug-likeness (QED) is 0.419. The second-order valence-corrected chi connectivity index (χ2v) is 7.70. The van der Waals surface area contributed by atoms with Gasteiger partial charge in [0.1, 0.15) is 5.52 Å². The number of anilines is 1. The van der Waals surface area contributed by atoms with Gasteiger partial charge in [-0.1, -0.05) is 49.4 Å². The molecule has 1 aromatic heterocycles. The summed E-state index contributed by atoms with van der Waals surface area (Å²) in [5.41, 5.74) is 4.21. The number of fused-ring (bicyclic) bond motifs is 2. The lowest BCUT2D eigenvalue weighted by Gasteiger charge is -2.23. The summed E-state index contributed by atoms with van der Waals surface area (Å²) >= 11 is 0. The van der Waals surface area contributed by atoms with Crippen molar-refractivity contribution in [1.29, 1.82) is 0 Å². The number of para-hydroxylation sites is 3. The standard InChI is InChI=1S/C26H22N2O4/c1-2-22(25(29)28-16-15-17-9-3-7-13-21(17)28)32-26(30)19-11-5-4-10-18(19)24-27-20-12-6-8-14-23(20)31-24/h3-14,22H,2,15-16H2,1H3. The number of nitrogens with zero attached hydrogens (tertiary/aromatic N) is 2. The van der Waals surface area contributed by atoms with Crippen molar-refractivity contribution in [1.82, 2.24) is 4.98 Å². The van der Waals surface area contributed by atoms with Crippen LogP contribution in [0.2, 0.25) is 0 Å². The summed E-state index contributed by atoms with van der Waals surface area (Å²) in [5, 5.41) is 0. The van der Waals surface area contributed by atoms with E-state index in [1.54, 1.807) is 23.1 Å². The van der Waals surface area contributed by atoms with E-state index in [4.69, 9.17) is 9.15 Å². The van der Waals surface area contributed by atoms with Crippen molar-refractivity contribution >= 4 is 28.7 Å². The zero-order valence-electron chi connectivity index (χ0n) is 17.7. The van der Waals surface area contributed by atoms with Gasteiger partial charge in [0.05, 0.1) is 11.1 Å². The summed E-state index contributed by atoms with van der Waals surface area (Å²) in [6.45, 7) is 2.43. The highest BCUT2D eigenvalue weighted by Gasteiger charge is 2.32. The Morgan fingerprint density at radius 1 is 1.03 bits per heavy atom. The third-order valence-electron chi connectivity index (χ3n) is 5.72. The van der Waals surface area contributed by atoms with Crippen molar-refractivity contribution in [2.24, 2.45) is 0 Å². The summed E-state index contributed by atoms with van der Waals surface area (Å²) in [6, 6.07) is 22.2. The number of benzene rings is 3. The second kappa shape index (κ2) is 8.30. The Hall–Kier alpha value is -3.93. The van der Waals surface area contributed by atoms with Gasteiger partial charge >= 0.3 is 5.97 Å². The molecule has 6 heteroatoms. The minimum absolute atomic E-state index is 0.204. The van der Waals surface area contributed by atoms with Gasteiger partial charge in [0, 0.05) is 12.2 Å². The molecule has 0 spiro atoms. The maximum absolute atomic E-state index is 13.2. The number of ether oxygens (including phenoxy) is 1. The molecule has 1 atom stereocenters. The molecule has 1 amide bonds. The molecule has 5 rings (SSSR count). The van der Waals surface area contributed by atoms with E-state index in [2.05, 4.69) is 4.98 Å². The number of hydrogen-bond donors (Lipinski definition) is 0. The van der Waals surface area contributed by atoms with E-state index < -0.39 is 12.1 Å². The lowest BCUT2D eigenvalue weighted by molar-refractivity contribution is -0.127. The van der Waals surface area contributed by atoms with Crippen molar-refractivity contribution in [3.05, 3.63) is 83.9 Å². The van der Waals surface area contributed by atoms with Crippen LogP contribution in [0.1, 0.15) is 29.3 Å². The smallest absolute Gasteiger partial charge is 0.339 e. The number of carbonyl (C=O) groups is 2. The van der Waals surface area contributed by atoms with Crippen LogP contribution < -0.4 is 4.90 Å². The normalized spacial score (nSPS) is 13.7. The molecule has 32 heavy (non-hydrogen) atoms. The number of oxazole rings is 1. The molecular formula is C26H22N2O4. The van der Waals surface area contributed by atoms with Gasteiger partial charge in [-0.15, -0.1) is 0 Å². The van der Waals surface area contributed by atoms with Gasteiger partial charge in [-0.25, -0.2) is 9.78 Å². The minimum atomic E-state index is -0.870. The number of rotatable bonds is 5. The fourth-order valence-electron chi connectivity index (χ4n) is 4.08. The average Bonchev–Trinajstić information content (AvgIpc) is 3.46. The van der Waals surface area contributed by atoms with Gasteiger partial charge in [-0.2, -0.15) is 0 Å². The van der Waals surface area contributed by atoms with Crippen molar-refractivity contribution in [3.63, 3.8) is 0 Å². The Balaban J connectivity index is 1.40. The predicted octanol–water partition coefficient (Wildman–Crippen LogP) is 5.02.